The number of hydrogen-bond donors (Lipinski definition) is 1. The molecule has 0 saturated heterocycles. The average molecular weight is 451 g/mol. The minimum atomic E-state index is -0.594. The van der Waals surface area contributed by atoms with Crippen LogP contribution in [0.1, 0.15) is 17.7 Å². The quantitative estimate of drug-likeness (QED) is 0.568. The molecule has 2 heterocycles. The number of hydrogen-bond acceptors (Lipinski definition) is 5. The highest BCUT2D eigenvalue weighted by Crippen LogP contribution is 2.32. The standard InChI is InChI=1S/C20H20BrFN2O4/c1-11-17(23-14-8-5-4-7-13(14)22)15-18(28-20(11)26)16(21)12(2)24(19(15)25)9-6-10-27-3/h4-5,7-8,23H,6,9-10H2,1-3H3. The number of aromatic nitrogens is 1. The molecule has 28 heavy (non-hydrogen) atoms. The average Bonchev–Trinajstić information content (AvgIpc) is 2.67. The highest BCUT2D eigenvalue weighted by molar-refractivity contribution is 9.10. The van der Waals surface area contributed by atoms with Gasteiger partial charge in [0.2, 0.25) is 0 Å². The van der Waals surface area contributed by atoms with Gasteiger partial charge in [-0.2, -0.15) is 0 Å². The van der Waals surface area contributed by atoms with E-state index in [1.54, 1.807) is 30.7 Å². The number of ether oxygens (including phenoxy) is 1. The Labute approximate surface area is 169 Å². The Morgan fingerprint density at radius 3 is 2.64 bits per heavy atom. The minimum Gasteiger partial charge on any atom is -0.421 e. The second-order valence-corrected chi connectivity index (χ2v) is 7.19. The molecule has 0 unspecified atom stereocenters. The lowest BCUT2D eigenvalue weighted by Crippen LogP contribution is -2.26. The van der Waals surface area contributed by atoms with E-state index in [1.165, 1.54) is 19.1 Å². The van der Waals surface area contributed by atoms with Gasteiger partial charge in [0.1, 0.15) is 11.2 Å². The van der Waals surface area contributed by atoms with Crippen LogP contribution in [0.4, 0.5) is 15.8 Å². The predicted octanol–water partition coefficient (Wildman–Crippen LogP) is 4.25. The molecule has 0 atom stereocenters. The summed E-state index contributed by atoms with van der Waals surface area (Å²) in [6, 6.07) is 6.06. The summed E-state index contributed by atoms with van der Waals surface area (Å²) < 4.78 is 26.7. The number of pyridine rings is 1. The third-order valence-electron chi connectivity index (χ3n) is 4.60. The van der Waals surface area contributed by atoms with Crippen molar-refractivity contribution in [2.75, 3.05) is 19.0 Å². The molecule has 148 valence electrons. The molecule has 2 aromatic heterocycles. The number of fused-ring (bicyclic) bond motifs is 1. The lowest BCUT2D eigenvalue weighted by atomic mass is 10.1. The van der Waals surface area contributed by atoms with Gasteiger partial charge in [0, 0.05) is 26.0 Å². The van der Waals surface area contributed by atoms with Crippen LogP contribution in [0.15, 0.2) is 42.7 Å². The van der Waals surface area contributed by atoms with E-state index in [4.69, 9.17) is 9.15 Å². The van der Waals surface area contributed by atoms with Crippen molar-refractivity contribution in [2.24, 2.45) is 0 Å². The normalized spacial score (nSPS) is 11.2. The van der Waals surface area contributed by atoms with Crippen molar-refractivity contribution in [1.29, 1.82) is 0 Å². The Morgan fingerprint density at radius 2 is 1.96 bits per heavy atom. The number of benzene rings is 1. The maximum absolute atomic E-state index is 14.2. The van der Waals surface area contributed by atoms with E-state index >= 15 is 0 Å². The number of para-hydroxylation sites is 1. The van der Waals surface area contributed by atoms with Crippen LogP contribution in [0.25, 0.3) is 11.0 Å². The Kier molecular flexibility index (Phi) is 6.00. The number of halogens is 2. The number of anilines is 2. The third kappa shape index (κ3) is 3.62. The molecule has 1 aromatic carbocycles. The number of nitrogens with zero attached hydrogens (tertiary/aromatic N) is 1. The lowest BCUT2D eigenvalue weighted by Gasteiger charge is -2.17. The number of rotatable bonds is 6. The fraction of sp³-hybridized carbons (Fsp3) is 0.300. The van der Waals surface area contributed by atoms with Crippen molar-refractivity contribution in [3.05, 3.63) is 66.6 Å². The third-order valence-corrected chi connectivity index (χ3v) is 5.53. The molecular formula is C20H20BrFN2O4. The van der Waals surface area contributed by atoms with Gasteiger partial charge in [-0.15, -0.1) is 0 Å². The smallest absolute Gasteiger partial charge is 0.341 e. The monoisotopic (exact) mass is 450 g/mol. The Morgan fingerprint density at radius 1 is 1.25 bits per heavy atom. The van der Waals surface area contributed by atoms with Gasteiger partial charge >= 0.3 is 5.63 Å². The van der Waals surface area contributed by atoms with Crippen molar-refractivity contribution in [3.8, 4) is 0 Å². The maximum Gasteiger partial charge on any atom is 0.341 e. The van der Waals surface area contributed by atoms with Gasteiger partial charge in [-0.3, -0.25) is 4.79 Å². The van der Waals surface area contributed by atoms with Crippen LogP contribution in [0.5, 0.6) is 0 Å². The summed E-state index contributed by atoms with van der Waals surface area (Å²) in [5, 5.41) is 3.10. The van der Waals surface area contributed by atoms with Crippen molar-refractivity contribution in [1.82, 2.24) is 4.57 Å². The van der Waals surface area contributed by atoms with E-state index in [2.05, 4.69) is 21.2 Å². The molecule has 0 aliphatic carbocycles. The summed E-state index contributed by atoms with van der Waals surface area (Å²) in [6.07, 6.45) is 0.640. The highest BCUT2D eigenvalue weighted by Gasteiger charge is 2.21. The molecule has 0 spiro atoms. The first kappa shape index (κ1) is 20.3. The van der Waals surface area contributed by atoms with E-state index in [-0.39, 0.29) is 33.5 Å². The second-order valence-electron chi connectivity index (χ2n) is 6.40. The Bertz CT molecular complexity index is 1150. The summed E-state index contributed by atoms with van der Waals surface area (Å²) in [6.45, 7) is 4.24. The van der Waals surface area contributed by atoms with Crippen molar-refractivity contribution >= 4 is 38.3 Å². The topological polar surface area (TPSA) is 73.5 Å². The largest absolute Gasteiger partial charge is 0.421 e. The van der Waals surface area contributed by atoms with Gasteiger partial charge in [-0.05, 0) is 48.3 Å². The predicted molar refractivity (Wildman–Crippen MR) is 110 cm³/mol. The zero-order valence-corrected chi connectivity index (χ0v) is 17.4. The molecular weight excluding hydrogens is 431 g/mol. The van der Waals surface area contributed by atoms with Crippen LogP contribution in [-0.2, 0) is 11.3 Å². The fourth-order valence-electron chi connectivity index (χ4n) is 3.04. The minimum absolute atomic E-state index is 0.139. The molecule has 3 rings (SSSR count). The molecule has 8 heteroatoms. The van der Waals surface area contributed by atoms with E-state index in [0.29, 0.717) is 29.7 Å². The number of methoxy groups -OCH3 is 1. The van der Waals surface area contributed by atoms with Crippen molar-refractivity contribution in [2.45, 2.75) is 26.8 Å². The first-order valence-corrected chi connectivity index (χ1v) is 9.53. The van der Waals surface area contributed by atoms with Crippen LogP contribution >= 0.6 is 15.9 Å². The molecule has 1 N–H and O–H groups in total. The fourth-order valence-corrected chi connectivity index (χ4v) is 3.54. The van der Waals surface area contributed by atoms with Gasteiger partial charge < -0.3 is 19.0 Å². The summed E-state index contributed by atoms with van der Waals surface area (Å²) in [4.78, 5) is 25.6. The van der Waals surface area contributed by atoms with E-state index < -0.39 is 11.4 Å². The SMILES string of the molecule is COCCCn1c(C)c(Br)c2oc(=O)c(C)c(Nc3ccccc3F)c2c1=O. The van der Waals surface area contributed by atoms with Gasteiger partial charge in [-0.25, -0.2) is 9.18 Å². The van der Waals surface area contributed by atoms with Gasteiger partial charge in [0.05, 0.1) is 21.4 Å². The van der Waals surface area contributed by atoms with Gasteiger partial charge in [0.25, 0.3) is 5.56 Å². The molecule has 0 aliphatic rings. The zero-order valence-electron chi connectivity index (χ0n) is 15.8. The Balaban J connectivity index is 2.30. The first-order valence-electron chi connectivity index (χ1n) is 8.73. The maximum atomic E-state index is 14.2. The molecule has 0 bridgehead atoms. The van der Waals surface area contributed by atoms with E-state index in [0.717, 1.165) is 0 Å². The second kappa shape index (κ2) is 8.28. The molecule has 0 aliphatic heterocycles. The summed E-state index contributed by atoms with van der Waals surface area (Å²) in [5.41, 5.74) is 0.465. The molecule has 0 fully saturated rings. The van der Waals surface area contributed by atoms with E-state index in [9.17, 15) is 14.0 Å². The summed E-state index contributed by atoms with van der Waals surface area (Å²) in [5.74, 6) is -0.491. The van der Waals surface area contributed by atoms with Crippen LogP contribution in [0, 0.1) is 19.7 Å². The van der Waals surface area contributed by atoms with Crippen molar-refractivity contribution in [3.63, 3.8) is 0 Å². The van der Waals surface area contributed by atoms with Gasteiger partial charge in [-0.1, -0.05) is 12.1 Å². The molecule has 6 nitrogen and oxygen atoms in total. The first-order chi connectivity index (χ1) is 13.4. The van der Waals surface area contributed by atoms with Gasteiger partial charge in [0.15, 0.2) is 5.58 Å². The lowest BCUT2D eigenvalue weighted by molar-refractivity contribution is 0.190. The molecule has 0 saturated carbocycles. The highest BCUT2D eigenvalue weighted by atomic mass is 79.9. The summed E-state index contributed by atoms with van der Waals surface area (Å²) in [7, 11) is 1.60. The van der Waals surface area contributed by atoms with Crippen molar-refractivity contribution < 1.29 is 13.5 Å². The zero-order chi connectivity index (χ0) is 20.4. The van der Waals surface area contributed by atoms with E-state index in [1.807, 2.05) is 0 Å². The summed E-state index contributed by atoms with van der Waals surface area (Å²) >= 11 is 3.44. The number of nitrogens with one attached hydrogen (secondary N) is 1. The molecule has 3 aromatic rings. The van der Waals surface area contributed by atoms with Crippen LogP contribution in [0.3, 0.4) is 0 Å². The van der Waals surface area contributed by atoms with Crippen LogP contribution in [-0.4, -0.2) is 18.3 Å². The molecule has 0 amide bonds. The van der Waals surface area contributed by atoms with Crippen LogP contribution in [0.2, 0.25) is 0 Å². The van der Waals surface area contributed by atoms with Crippen LogP contribution < -0.4 is 16.5 Å². The molecule has 0 radical (unpaired) electrons. The Hall–Kier alpha value is -2.45.